The Morgan fingerprint density at radius 1 is 1.46 bits per heavy atom. The fourth-order valence-electron chi connectivity index (χ4n) is 0.747. The average Bonchev–Trinajstić information content (AvgIpc) is 2.19. The monoisotopic (exact) mass is 176 g/mol. The third-order valence-corrected chi connectivity index (χ3v) is 1.38. The lowest BCUT2D eigenvalue weighted by Crippen LogP contribution is -2.21. The molecule has 1 aromatic rings. The lowest BCUT2D eigenvalue weighted by Gasteiger charge is -2.01. The van der Waals surface area contributed by atoms with E-state index < -0.39 is 6.09 Å². The zero-order chi connectivity index (χ0) is 9.68. The van der Waals surface area contributed by atoms with E-state index in [1.54, 1.807) is 24.3 Å². The molecule has 0 bridgehead atoms. The van der Waals surface area contributed by atoms with E-state index >= 15 is 0 Å². The summed E-state index contributed by atoms with van der Waals surface area (Å²) in [7, 11) is 1.48. The molecule has 1 rings (SSSR count). The standard InChI is InChI=1S/C9H8N2O2/c1-10-7-3-5-8(6-4-7)13-9(12)11-2/h3-6H,2H3,(H,11,12). The van der Waals surface area contributed by atoms with Crippen LogP contribution in [0.5, 0.6) is 5.75 Å². The topological polar surface area (TPSA) is 42.7 Å². The SMILES string of the molecule is [C-]#[N+]c1ccc(OC(=O)NC)cc1. The molecule has 1 aromatic carbocycles. The van der Waals surface area contributed by atoms with Crippen LogP contribution in [0.25, 0.3) is 4.85 Å². The number of benzene rings is 1. The van der Waals surface area contributed by atoms with Crippen molar-refractivity contribution in [1.29, 1.82) is 0 Å². The van der Waals surface area contributed by atoms with Gasteiger partial charge in [0.2, 0.25) is 0 Å². The van der Waals surface area contributed by atoms with E-state index in [4.69, 9.17) is 11.3 Å². The molecule has 0 aliphatic heterocycles. The summed E-state index contributed by atoms with van der Waals surface area (Å²) >= 11 is 0. The first kappa shape index (κ1) is 9.07. The van der Waals surface area contributed by atoms with Gasteiger partial charge >= 0.3 is 6.09 Å². The largest absolute Gasteiger partial charge is 0.412 e. The average molecular weight is 176 g/mol. The Morgan fingerprint density at radius 2 is 2.08 bits per heavy atom. The minimum absolute atomic E-state index is 0.423. The van der Waals surface area contributed by atoms with Crippen LogP contribution in [0.3, 0.4) is 0 Å². The number of carbonyl (C=O) groups is 1. The second-order valence-electron chi connectivity index (χ2n) is 2.25. The highest BCUT2D eigenvalue weighted by atomic mass is 16.5. The summed E-state index contributed by atoms with van der Waals surface area (Å²) in [6, 6.07) is 6.32. The Bertz CT molecular complexity index is 338. The highest BCUT2D eigenvalue weighted by Gasteiger charge is 1.99. The Morgan fingerprint density at radius 3 is 2.54 bits per heavy atom. The number of carbonyl (C=O) groups excluding carboxylic acids is 1. The van der Waals surface area contributed by atoms with Gasteiger partial charge in [0.25, 0.3) is 0 Å². The minimum atomic E-state index is -0.518. The molecular weight excluding hydrogens is 168 g/mol. The van der Waals surface area contributed by atoms with Crippen LogP contribution in [0.1, 0.15) is 0 Å². The van der Waals surface area contributed by atoms with Gasteiger partial charge in [-0.2, -0.15) is 0 Å². The third kappa shape index (κ3) is 2.49. The van der Waals surface area contributed by atoms with Crippen LogP contribution in [-0.4, -0.2) is 13.1 Å². The van der Waals surface area contributed by atoms with E-state index in [9.17, 15) is 4.79 Å². The van der Waals surface area contributed by atoms with E-state index in [0.717, 1.165) is 0 Å². The molecule has 0 spiro atoms. The number of nitrogens with one attached hydrogen (secondary N) is 1. The Labute approximate surface area is 76.0 Å². The van der Waals surface area contributed by atoms with Crippen molar-refractivity contribution in [2.24, 2.45) is 0 Å². The molecule has 4 heteroatoms. The van der Waals surface area contributed by atoms with Crippen LogP contribution in [0.2, 0.25) is 0 Å². The van der Waals surface area contributed by atoms with Gasteiger partial charge in [-0.15, -0.1) is 0 Å². The van der Waals surface area contributed by atoms with E-state index in [1.807, 2.05) is 0 Å². The molecule has 66 valence electrons. The number of ether oxygens (including phenoxy) is 1. The van der Waals surface area contributed by atoms with Gasteiger partial charge in [0.1, 0.15) is 5.75 Å². The number of rotatable bonds is 1. The Hall–Kier alpha value is -2.02. The molecule has 0 radical (unpaired) electrons. The number of hydrogen-bond acceptors (Lipinski definition) is 2. The highest BCUT2D eigenvalue weighted by molar-refractivity contribution is 5.70. The zero-order valence-corrected chi connectivity index (χ0v) is 7.07. The predicted molar refractivity (Wildman–Crippen MR) is 47.8 cm³/mol. The van der Waals surface area contributed by atoms with Gasteiger partial charge in [-0.1, -0.05) is 12.1 Å². The summed E-state index contributed by atoms with van der Waals surface area (Å²) in [5.74, 6) is 0.423. The van der Waals surface area contributed by atoms with Crippen LogP contribution in [0, 0.1) is 6.57 Å². The first-order chi connectivity index (χ1) is 6.26. The van der Waals surface area contributed by atoms with Crippen LogP contribution in [-0.2, 0) is 0 Å². The van der Waals surface area contributed by atoms with Crippen molar-refractivity contribution in [3.63, 3.8) is 0 Å². The van der Waals surface area contributed by atoms with Crippen molar-refractivity contribution in [3.8, 4) is 5.75 Å². The summed E-state index contributed by atoms with van der Waals surface area (Å²) < 4.78 is 4.81. The maximum Gasteiger partial charge on any atom is 0.412 e. The second-order valence-corrected chi connectivity index (χ2v) is 2.25. The van der Waals surface area contributed by atoms with Crippen LogP contribution in [0.4, 0.5) is 10.5 Å². The van der Waals surface area contributed by atoms with Gasteiger partial charge in [0, 0.05) is 7.05 Å². The molecule has 0 unspecified atom stereocenters. The normalized spacial score (nSPS) is 8.62. The Kier molecular flexibility index (Phi) is 2.87. The summed E-state index contributed by atoms with van der Waals surface area (Å²) in [6.07, 6.45) is -0.518. The zero-order valence-electron chi connectivity index (χ0n) is 7.07. The minimum Gasteiger partial charge on any atom is -0.410 e. The fourth-order valence-corrected chi connectivity index (χ4v) is 0.747. The molecule has 1 amide bonds. The van der Waals surface area contributed by atoms with E-state index in [1.165, 1.54) is 7.05 Å². The molecule has 0 saturated carbocycles. The lowest BCUT2D eigenvalue weighted by atomic mass is 10.3. The molecule has 4 nitrogen and oxygen atoms in total. The van der Waals surface area contributed by atoms with E-state index in [2.05, 4.69) is 10.2 Å². The molecule has 13 heavy (non-hydrogen) atoms. The molecule has 0 fully saturated rings. The molecule has 0 aliphatic carbocycles. The summed E-state index contributed by atoms with van der Waals surface area (Å²) in [5.41, 5.74) is 0.518. The van der Waals surface area contributed by atoms with Crippen molar-refractivity contribution in [1.82, 2.24) is 5.32 Å². The third-order valence-electron chi connectivity index (χ3n) is 1.38. The fraction of sp³-hybridized carbons (Fsp3) is 0.111. The summed E-state index contributed by atoms with van der Waals surface area (Å²) in [4.78, 5) is 13.9. The van der Waals surface area contributed by atoms with Gasteiger partial charge < -0.3 is 10.1 Å². The molecular formula is C9H8N2O2. The molecule has 0 aliphatic rings. The molecule has 0 heterocycles. The van der Waals surface area contributed by atoms with Crippen molar-refractivity contribution in [2.45, 2.75) is 0 Å². The smallest absolute Gasteiger partial charge is 0.410 e. The van der Waals surface area contributed by atoms with Crippen molar-refractivity contribution in [3.05, 3.63) is 35.7 Å². The number of amides is 1. The van der Waals surface area contributed by atoms with Gasteiger partial charge in [0.05, 0.1) is 6.57 Å². The van der Waals surface area contributed by atoms with Gasteiger partial charge in [-0.3, -0.25) is 0 Å². The molecule has 0 saturated heterocycles. The first-order valence-electron chi connectivity index (χ1n) is 3.63. The van der Waals surface area contributed by atoms with Gasteiger partial charge in [-0.25, -0.2) is 9.64 Å². The maximum absolute atomic E-state index is 10.7. The lowest BCUT2D eigenvalue weighted by molar-refractivity contribution is 0.203. The van der Waals surface area contributed by atoms with Crippen LogP contribution in [0.15, 0.2) is 24.3 Å². The Balaban J connectivity index is 2.71. The highest BCUT2D eigenvalue weighted by Crippen LogP contribution is 2.17. The summed E-state index contributed by atoms with van der Waals surface area (Å²) in [6.45, 7) is 6.70. The van der Waals surface area contributed by atoms with Crippen LogP contribution >= 0.6 is 0 Å². The second kappa shape index (κ2) is 4.12. The van der Waals surface area contributed by atoms with E-state index in [0.29, 0.717) is 11.4 Å². The number of nitrogens with zero attached hydrogens (tertiary/aromatic N) is 1. The predicted octanol–water partition coefficient (Wildman–Crippen LogP) is 1.96. The van der Waals surface area contributed by atoms with Crippen LogP contribution < -0.4 is 10.1 Å². The molecule has 0 aromatic heterocycles. The summed E-state index contributed by atoms with van der Waals surface area (Å²) in [5, 5.41) is 2.32. The van der Waals surface area contributed by atoms with Gasteiger partial charge in [0.15, 0.2) is 5.69 Å². The van der Waals surface area contributed by atoms with Crippen molar-refractivity contribution < 1.29 is 9.53 Å². The maximum atomic E-state index is 10.7. The molecule has 1 N–H and O–H groups in total. The first-order valence-corrected chi connectivity index (χ1v) is 3.63. The van der Waals surface area contributed by atoms with Gasteiger partial charge in [-0.05, 0) is 12.1 Å². The molecule has 0 atom stereocenters. The van der Waals surface area contributed by atoms with Crippen molar-refractivity contribution in [2.75, 3.05) is 7.05 Å². The number of hydrogen-bond donors (Lipinski definition) is 1. The van der Waals surface area contributed by atoms with Crippen molar-refractivity contribution >= 4 is 11.8 Å². The van der Waals surface area contributed by atoms with E-state index in [-0.39, 0.29) is 0 Å². The quantitative estimate of drug-likeness (QED) is 0.664.